The molecule has 0 aliphatic rings. The largest absolute Gasteiger partial charge is 0.420 e. The number of hydrogen-bond acceptors (Lipinski definition) is 4. The Hall–Kier alpha value is -2.84. The molecule has 1 heterocycles. The molecule has 0 atom stereocenters. The van der Waals surface area contributed by atoms with E-state index in [1.165, 1.54) is 4.57 Å². The Morgan fingerprint density at radius 2 is 2.05 bits per heavy atom. The third kappa shape index (κ3) is 2.33. The minimum Gasteiger partial charge on any atom is -0.408 e. The predicted octanol–water partition coefficient (Wildman–Crippen LogP) is 2.01. The van der Waals surface area contributed by atoms with Gasteiger partial charge in [-0.2, -0.15) is 5.26 Å². The molecular weight excluding hydrogens is 268 g/mol. The molecular formula is C16H12N2O3. The second-order valence-corrected chi connectivity index (χ2v) is 4.68. The van der Waals surface area contributed by atoms with Gasteiger partial charge in [0, 0.05) is 0 Å². The molecule has 5 nitrogen and oxygen atoms in total. The molecule has 0 radical (unpaired) electrons. The Morgan fingerprint density at radius 1 is 1.24 bits per heavy atom. The minimum atomic E-state index is -0.479. The van der Waals surface area contributed by atoms with Gasteiger partial charge in [-0.25, -0.2) is 4.79 Å². The molecule has 0 saturated carbocycles. The summed E-state index contributed by atoms with van der Waals surface area (Å²) in [6.07, 6.45) is 0. The van der Waals surface area contributed by atoms with Crippen molar-refractivity contribution in [2.45, 2.75) is 13.2 Å². The second kappa shape index (κ2) is 5.27. The van der Waals surface area contributed by atoms with Gasteiger partial charge in [-0.15, -0.1) is 0 Å². The summed E-state index contributed by atoms with van der Waals surface area (Å²) in [6, 6.07) is 14.4. The fourth-order valence-electron chi connectivity index (χ4n) is 2.30. The van der Waals surface area contributed by atoms with Gasteiger partial charge in [-0.05, 0) is 29.3 Å². The quantitative estimate of drug-likeness (QED) is 0.796. The number of fused-ring (bicyclic) bond motifs is 1. The average molecular weight is 280 g/mol. The molecule has 0 spiro atoms. The van der Waals surface area contributed by atoms with Crippen LogP contribution in [0.15, 0.2) is 51.7 Å². The normalized spacial score (nSPS) is 10.7. The number of benzene rings is 2. The summed E-state index contributed by atoms with van der Waals surface area (Å²) < 4.78 is 6.68. The first-order valence-electron chi connectivity index (χ1n) is 6.44. The zero-order valence-electron chi connectivity index (χ0n) is 11.1. The number of hydrogen-bond donors (Lipinski definition) is 1. The minimum absolute atomic E-state index is 0.109. The zero-order valence-corrected chi connectivity index (χ0v) is 11.1. The number of aliphatic hydroxyl groups excluding tert-OH is 1. The summed E-state index contributed by atoms with van der Waals surface area (Å²) in [5.41, 5.74) is 3.05. The van der Waals surface area contributed by atoms with E-state index in [9.17, 15) is 4.79 Å². The van der Waals surface area contributed by atoms with Crippen molar-refractivity contribution in [2.75, 3.05) is 0 Å². The van der Waals surface area contributed by atoms with Crippen LogP contribution in [0.3, 0.4) is 0 Å². The summed E-state index contributed by atoms with van der Waals surface area (Å²) in [5, 5.41) is 18.2. The summed E-state index contributed by atoms with van der Waals surface area (Å²) in [7, 11) is 0. The van der Waals surface area contributed by atoms with E-state index < -0.39 is 5.76 Å². The molecule has 104 valence electrons. The van der Waals surface area contributed by atoms with E-state index in [1.807, 2.05) is 12.1 Å². The summed E-state index contributed by atoms with van der Waals surface area (Å²) in [5.74, 6) is -0.479. The lowest BCUT2D eigenvalue weighted by Crippen LogP contribution is -2.15. The van der Waals surface area contributed by atoms with Crippen molar-refractivity contribution < 1.29 is 9.52 Å². The maximum absolute atomic E-state index is 12.0. The number of nitriles is 1. The van der Waals surface area contributed by atoms with Crippen LogP contribution in [-0.2, 0) is 13.2 Å². The average Bonchev–Trinajstić information content (AvgIpc) is 2.83. The monoisotopic (exact) mass is 280 g/mol. The summed E-state index contributed by atoms with van der Waals surface area (Å²) in [4.78, 5) is 12.0. The zero-order chi connectivity index (χ0) is 14.8. The molecule has 0 unspecified atom stereocenters. The van der Waals surface area contributed by atoms with Gasteiger partial charge in [-0.1, -0.05) is 24.3 Å². The van der Waals surface area contributed by atoms with E-state index in [0.29, 0.717) is 22.2 Å². The van der Waals surface area contributed by atoms with Crippen LogP contribution >= 0.6 is 0 Å². The molecule has 0 aliphatic carbocycles. The molecule has 0 aliphatic heterocycles. The van der Waals surface area contributed by atoms with Gasteiger partial charge < -0.3 is 9.52 Å². The Bertz CT molecular complexity index is 900. The van der Waals surface area contributed by atoms with Gasteiger partial charge in [-0.3, -0.25) is 4.57 Å². The van der Waals surface area contributed by atoms with Crippen molar-refractivity contribution in [2.24, 2.45) is 0 Å². The van der Waals surface area contributed by atoms with Crippen molar-refractivity contribution >= 4 is 11.1 Å². The first kappa shape index (κ1) is 13.2. The molecule has 2 aromatic carbocycles. The molecule has 1 aromatic heterocycles. The first-order chi connectivity index (χ1) is 10.2. The molecule has 3 aromatic rings. The lowest BCUT2D eigenvalue weighted by atomic mass is 10.1. The lowest BCUT2D eigenvalue weighted by Gasteiger charge is -2.04. The molecule has 0 fully saturated rings. The number of aliphatic hydroxyl groups is 1. The van der Waals surface area contributed by atoms with Crippen LogP contribution in [0, 0.1) is 11.3 Å². The third-order valence-corrected chi connectivity index (χ3v) is 3.38. The van der Waals surface area contributed by atoms with Crippen LogP contribution in [0.5, 0.6) is 0 Å². The van der Waals surface area contributed by atoms with Gasteiger partial charge in [0.15, 0.2) is 5.58 Å². The molecule has 5 heteroatoms. The Balaban J connectivity index is 2.11. The van der Waals surface area contributed by atoms with Crippen LogP contribution in [0.1, 0.15) is 16.7 Å². The highest BCUT2D eigenvalue weighted by Crippen LogP contribution is 2.17. The van der Waals surface area contributed by atoms with Gasteiger partial charge in [0.05, 0.1) is 30.3 Å². The predicted molar refractivity (Wildman–Crippen MR) is 76.7 cm³/mol. The smallest absolute Gasteiger partial charge is 0.408 e. The van der Waals surface area contributed by atoms with Crippen LogP contribution in [0.4, 0.5) is 0 Å². The van der Waals surface area contributed by atoms with E-state index in [2.05, 4.69) is 6.07 Å². The molecule has 0 bridgehead atoms. The van der Waals surface area contributed by atoms with E-state index >= 15 is 0 Å². The summed E-state index contributed by atoms with van der Waals surface area (Å²) >= 11 is 0. The number of rotatable bonds is 3. The van der Waals surface area contributed by atoms with Gasteiger partial charge in [0.1, 0.15) is 0 Å². The first-order valence-corrected chi connectivity index (χ1v) is 6.44. The molecule has 1 N–H and O–H groups in total. The molecule has 0 amide bonds. The summed E-state index contributed by atoms with van der Waals surface area (Å²) in [6.45, 7) is 0.163. The highest BCUT2D eigenvalue weighted by Gasteiger charge is 2.11. The van der Waals surface area contributed by atoms with Crippen LogP contribution in [0.2, 0.25) is 0 Å². The molecule has 3 rings (SSSR count). The maximum Gasteiger partial charge on any atom is 0.420 e. The fourth-order valence-corrected chi connectivity index (χ4v) is 2.30. The number of nitrogens with zero attached hydrogens (tertiary/aromatic N) is 2. The van der Waals surface area contributed by atoms with E-state index in [-0.39, 0.29) is 13.2 Å². The topological polar surface area (TPSA) is 79.2 Å². The van der Waals surface area contributed by atoms with Crippen LogP contribution in [-0.4, -0.2) is 9.67 Å². The third-order valence-electron chi connectivity index (χ3n) is 3.38. The number of oxazole rings is 1. The van der Waals surface area contributed by atoms with E-state index in [4.69, 9.17) is 14.8 Å². The van der Waals surface area contributed by atoms with E-state index in [0.717, 1.165) is 5.56 Å². The molecule has 21 heavy (non-hydrogen) atoms. The van der Waals surface area contributed by atoms with Crippen molar-refractivity contribution in [3.63, 3.8) is 0 Å². The highest BCUT2D eigenvalue weighted by molar-refractivity contribution is 5.73. The Morgan fingerprint density at radius 3 is 2.81 bits per heavy atom. The fraction of sp³-hybridized carbons (Fsp3) is 0.125. The van der Waals surface area contributed by atoms with Gasteiger partial charge in [0.25, 0.3) is 0 Å². The lowest BCUT2D eigenvalue weighted by molar-refractivity contribution is 0.282. The van der Waals surface area contributed by atoms with Crippen molar-refractivity contribution in [3.05, 3.63) is 69.7 Å². The van der Waals surface area contributed by atoms with E-state index in [1.54, 1.807) is 30.3 Å². The highest BCUT2D eigenvalue weighted by atomic mass is 16.4. The van der Waals surface area contributed by atoms with Gasteiger partial charge >= 0.3 is 5.76 Å². The second-order valence-electron chi connectivity index (χ2n) is 4.68. The van der Waals surface area contributed by atoms with Crippen molar-refractivity contribution in [1.82, 2.24) is 4.57 Å². The van der Waals surface area contributed by atoms with Crippen molar-refractivity contribution in [3.8, 4) is 6.07 Å². The Kier molecular flexibility index (Phi) is 3.30. The molecule has 0 saturated heterocycles. The van der Waals surface area contributed by atoms with Crippen molar-refractivity contribution in [1.29, 1.82) is 5.26 Å². The maximum atomic E-state index is 12.0. The van der Waals surface area contributed by atoms with Crippen LogP contribution < -0.4 is 5.76 Å². The standard InChI is InChI=1S/C16H12N2O3/c17-8-12-3-1-2-4-13(12)9-18-14-6-5-11(10-19)7-15(14)21-16(18)20/h1-7,19H,9-10H2. The number of aromatic nitrogens is 1. The van der Waals surface area contributed by atoms with Crippen LogP contribution in [0.25, 0.3) is 11.1 Å². The Labute approximate surface area is 120 Å². The van der Waals surface area contributed by atoms with Gasteiger partial charge in [0.2, 0.25) is 0 Å². The SMILES string of the molecule is N#Cc1ccccc1Cn1c(=O)oc2cc(CO)ccc21.